The molecule has 1 unspecified atom stereocenters. The van der Waals surface area contributed by atoms with Gasteiger partial charge in [-0.15, -0.1) is 23.7 Å². The van der Waals surface area contributed by atoms with Crippen LogP contribution in [-0.2, 0) is 17.8 Å². The van der Waals surface area contributed by atoms with Gasteiger partial charge in [0.1, 0.15) is 11.1 Å². The highest BCUT2D eigenvalue weighted by Crippen LogP contribution is 2.22. The molecule has 3 rings (SSSR count). The number of carbonyl (C=O) groups is 1. The van der Waals surface area contributed by atoms with Crippen LogP contribution in [0.2, 0.25) is 0 Å². The summed E-state index contributed by atoms with van der Waals surface area (Å²) in [5.74, 6) is 0.0969. The Labute approximate surface area is 177 Å². The molecule has 1 saturated heterocycles. The highest BCUT2D eigenvalue weighted by Gasteiger charge is 2.23. The van der Waals surface area contributed by atoms with Gasteiger partial charge in [-0.2, -0.15) is 0 Å². The molecule has 0 radical (unpaired) electrons. The minimum Gasteiger partial charge on any atom is -0.372 e. The summed E-state index contributed by atoms with van der Waals surface area (Å²) in [4.78, 5) is 21.6. The topological polar surface area (TPSA) is 71.7 Å². The van der Waals surface area contributed by atoms with E-state index in [0.29, 0.717) is 13.2 Å². The highest BCUT2D eigenvalue weighted by molar-refractivity contribution is 7.09. The van der Waals surface area contributed by atoms with Gasteiger partial charge >= 0.3 is 0 Å². The molecule has 1 aliphatic heterocycles. The minimum atomic E-state index is 0. The molecule has 1 amide bonds. The third-order valence-corrected chi connectivity index (χ3v) is 5.87. The second kappa shape index (κ2) is 10.9. The lowest BCUT2D eigenvalue weighted by molar-refractivity contribution is 0.0625. The van der Waals surface area contributed by atoms with Crippen molar-refractivity contribution in [1.29, 1.82) is 0 Å². The van der Waals surface area contributed by atoms with Crippen LogP contribution in [0.5, 0.6) is 0 Å². The van der Waals surface area contributed by atoms with Gasteiger partial charge in [-0.3, -0.25) is 9.69 Å². The number of nitrogens with two attached hydrogens (primary N) is 1. The fourth-order valence-corrected chi connectivity index (χ4v) is 4.02. The van der Waals surface area contributed by atoms with Gasteiger partial charge < -0.3 is 15.4 Å². The van der Waals surface area contributed by atoms with Crippen LogP contribution in [0.25, 0.3) is 0 Å². The third kappa shape index (κ3) is 5.75. The molecule has 1 aromatic carbocycles. The molecule has 2 aromatic rings. The molecule has 28 heavy (non-hydrogen) atoms. The van der Waals surface area contributed by atoms with Crippen LogP contribution in [-0.4, -0.2) is 53.5 Å². The van der Waals surface area contributed by atoms with Crippen molar-refractivity contribution in [2.45, 2.75) is 33.0 Å². The van der Waals surface area contributed by atoms with E-state index in [2.05, 4.69) is 10.3 Å². The lowest BCUT2D eigenvalue weighted by Crippen LogP contribution is -2.48. The Kier molecular flexibility index (Phi) is 8.85. The van der Waals surface area contributed by atoms with Crippen molar-refractivity contribution in [2.24, 2.45) is 5.73 Å². The van der Waals surface area contributed by atoms with E-state index in [1.165, 1.54) is 0 Å². The molecule has 2 heterocycles. The van der Waals surface area contributed by atoms with Crippen molar-refractivity contribution in [3.05, 3.63) is 51.5 Å². The van der Waals surface area contributed by atoms with E-state index in [-0.39, 0.29) is 24.4 Å². The number of carbonyl (C=O) groups excluding carboxylic acids is 1. The van der Waals surface area contributed by atoms with E-state index in [0.717, 1.165) is 54.6 Å². The maximum atomic E-state index is 12.7. The number of nitrogens with zero attached hydrogens (tertiary/aromatic N) is 3. The lowest BCUT2D eigenvalue weighted by atomic mass is 10.1. The second-order valence-corrected chi connectivity index (χ2v) is 7.63. The smallest absolute Gasteiger partial charge is 0.253 e. The summed E-state index contributed by atoms with van der Waals surface area (Å²) >= 11 is 1.66. The molecule has 8 heteroatoms. The molecule has 1 atom stereocenters. The first kappa shape index (κ1) is 22.8. The van der Waals surface area contributed by atoms with Crippen molar-refractivity contribution < 1.29 is 9.53 Å². The van der Waals surface area contributed by atoms with Gasteiger partial charge in [-0.1, -0.05) is 12.1 Å². The molecule has 0 aliphatic carbocycles. The van der Waals surface area contributed by atoms with Crippen LogP contribution in [0, 0.1) is 0 Å². The van der Waals surface area contributed by atoms with Gasteiger partial charge in [0, 0.05) is 56.8 Å². The minimum absolute atomic E-state index is 0. The standard InChI is InChI=1S/C20H28N4O2S.ClH/c1-3-26-15(2)19-22-18(14-27-19)13-23-8-10-24(11-9-23)20(25)17-6-4-16(12-21)5-7-17;/h4-7,14-15H,3,8-13,21H2,1-2H3;1H. The molecular weight excluding hydrogens is 396 g/mol. The highest BCUT2D eigenvalue weighted by atomic mass is 35.5. The predicted molar refractivity (Wildman–Crippen MR) is 115 cm³/mol. The van der Waals surface area contributed by atoms with E-state index in [1.54, 1.807) is 11.3 Å². The van der Waals surface area contributed by atoms with Crippen molar-refractivity contribution >= 4 is 29.7 Å². The van der Waals surface area contributed by atoms with Crippen molar-refractivity contribution in [1.82, 2.24) is 14.8 Å². The zero-order valence-corrected chi connectivity index (χ0v) is 18.1. The van der Waals surface area contributed by atoms with Crippen molar-refractivity contribution in [3.63, 3.8) is 0 Å². The summed E-state index contributed by atoms with van der Waals surface area (Å²) in [6.07, 6.45) is 0.0499. The SMILES string of the molecule is CCOC(C)c1nc(CN2CCN(C(=O)c3ccc(CN)cc3)CC2)cs1.Cl. The molecule has 6 nitrogen and oxygen atoms in total. The number of amides is 1. The van der Waals surface area contributed by atoms with E-state index in [1.807, 2.05) is 43.0 Å². The van der Waals surface area contributed by atoms with Crippen LogP contribution in [0.1, 0.15) is 46.6 Å². The molecule has 1 fully saturated rings. The van der Waals surface area contributed by atoms with Gasteiger partial charge in [0.05, 0.1) is 5.69 Å². The Balaban J connectivity index is 0.00000280. The van der Waals surface area contributed by atoms with Gasteiger partial charge in [0.15, 0.2) is 0 Å². The number of piperazine rings is 1. The molecule has 154 valence electrons. The Hall–Kier alpha value is -1.51. The number of hydrogen-bond acceptors (Lipinski definition) is 6. The summed E-state index contributed by atoms with van der Waals surface area (Å²) in [5, 5.41) is 3.14. The molecule has 0 bridgehead atoms. The third-order valence-electron chi connectivity index (χ3n) is 4.82. The Morgan fingerprint density at radius 1 is 1.25 bits per heavy atom. The average Bonchev–Trinajstić information content (AvgIpc) is 3.17. The number of thiazole rings is 1. The monoisotopic (exact) mass is 424 g/mol. The number of rotatable bonds is 7. The van der Waals surface area contributed by atoms with Crippen LogP contribution in [0.15, 0.2) is 29.6 Å². The Bertz CT molecular complexity index is 745. The zero-order chi connectivity index (χ0) is 19.2. The lowest BCUT2D eigenvalue weighted by Gasteiger charge is -2.34. The summed E-state index contributed by atoms with van der Waals surface area (Å²) in [6.45, 7) is 9.25. The summed E-state index contributed by atoms with van der Waals surface area (Å²) < 4.78 is 5.61. The number of ether oxygens (including phenoxy) is 1. The van der Waals surface area contributed by atoms with Crippen LogP contribution < -0.4 is 5.73 Å². The number of aromatic nitrogens is 1. The van der Waals surface area contributed by atoms with Crippen molar-refractivity contribution in [2.75, 3.05) is 32.8 Å². The van der Waals surface area contributed by atoms with Gasteiger partial charge in [0.2, 0.25) is 0 Å². The van der Waals surface area contributed by atoms with Gasteiger partial charge in [-0.05, 0) is 31.5 Å². The average molecular weight is 425 g/mol. The zero-order valence-electron chi connectivity index (χ0n) is 16.5. The van der Waals surface area contributed by atoms with E-state index in [9.17, 15) is 4.79 Å². The van der Waals surface area contributed by atoms with Crippen molar-refractivity contribution in [3.8, 4) is 0 Å². The number of hydrogen-bond donors (Lipinski definition) is 1. The second-order valence-electron chi connectivity index (χ2n) is 6.74. The number of halogens is 1. The maximum absolute atomic E-state index is 12.7. The summed E-state index contributed by atoms with van der Waals surface area (Å²) in [5.41, 5.74) is 8.47. The van der Waals surface area contributed by atoms with E-state index >= 15 is 0 Å². The Morgan fingerprint density at radius 3 is 2.54 bits per heavy atom. The molecular formula is C20H29ClN4O2S. The Morgan fingerprint density at radius 2 is 1.93 bits per heavy atom. The summed E-state index contributed by atoms with van der Waals surface area (Å²) in [6, 6.07) is 7.58. The van der Waals surface area contributed by atoms with Crippen LogP contribution >= 0.6 is 23.7 Å². The maximum Gasteiger partial charge on any atom is 0.253 e. The summed E-state index contributed by atoms with van der Waals surface area (Å²) in [7, 11) is 0. The fraction of sp³-hybridized carbons (Fsp3) is 0.500. The van der Waals surface area contributed by atoms with Crippen LogP contribution in [0.4, 0.5) is 0 Å². The first-order valence-electron chi connectivity index (χ1n) is 9.47. The molecule has 2 N–H and O–H groups in total. The molecule has 1 aliphatic rings. The molecule has 0 spiro atoms. The molecule has 1 aromatic heterocycles. The normalized spacial score (nSPS) is 15.9. The van der Waals surface area contributed by atoms with Gasteiger partial charge in [-0.25, -0.2) is 4.98 Å². The largest absolute Gasteiger partial charge is 0.372 e. The molecule has 0 saturated carbocycles. The van der Waals surface area contributed by atoms with E-state index < -0.39 is 0 Å². The predicted octanol–water partition coefficient (Wildman–Crippen LogP) is 3.08. The number of benzene rings is 1. The first-order chi connectivity index (χ1) is 13.1. The van der Waals surface area contributed by atoms with Gasteiger partial charge in [0.25, 0.3) is 5.91 Å². The quantitative estimate of drug-likeness (QED) is 0.739. The van der Waals surface area contributed by atoms with Crippen LogP contribution in [0.3, 0.4) is 0 Å². The van der Waals surface area contributed by atoms with E-state index in [4.69, 9.17) is 15.5 Å². The fourth-order valence-electron chi connectivity index (χ4n) is 3.21. The first-order valence-corrected chi connectivity index (χ1v) is 10.3.